The number of hydrogen-bond acceptors (Lipinski definition) is 5. The maximum atomic E-state index is 9.41. The molecule has 1 rings (SSSR count). The fourth-order valence-corrected chi connectivity index (χ4v) is 0.232. The van der Waals surface area contributed by atoms with E-state index in [0.29, 0.717) is 18.3 Å². The average molecular weight is 172 g/mol. The largest absolute Gasteiger partial charge is 0.545 e. The summed E-state index contributed by atoms with van der Waals surface area (Å²) >= 11 is 0. The lowest BCUT2D eigenvalue weighted by Crippen LogP contribution is -2.23. The van der Waals surface area contributed by atoms with Gasteiger partial charge in [-0.2, -0.15) is 0 Å². The summed E-state index contributed by atoms with van der Waals surface area (Å²) < 4.78 is 4.71. The second-order valence-electron chi connectivity index (χ2n) is 2.12. The van der Waals surface area contributed by atoms with Crippen LogP contribution in [0.25, 0.3) is 0 Å². The van der Waals surface area contributed by atoms with Crippen LogP contribution in [0.4, 0.5) is 0 Å². The van der Waals surface area contributed by atoms with Gasteiger partial charge in [-0.1, -0.05) is 0 Å². The number of carboxylic acid groups (broad SMARTS) is 2. The Balaban J connectivity index is 0.000000247. The molecule has 0 aliphatic carbocycles. The smallest absolute Gasteiger partial charge is 0.0781 e. The number of rotatable bonds is 2. The van der Waals surface area contributed by atoms with Crippen LogP contribution in [0, 0.1) is 0 Å². The van der Waals surface area contributed by atoms with E-state index in [-0.39, 0.29) is 0 Å². The lowest BCUT2D eigenvalue weighted by molar-refractivity contribution is -0.301. The Labute approximate surface area is 69.3 Å². The van der Waals surface area contributed by atoms with Crippen LogP contribution in [0.2, 0.25) is 0 Å². The van der Waals surface area contributed by atoms with Gasteiger partial charge >= 0.3 is 0 Å². The van der Waals surface area contributed by atoms with Crippen LogP contribution >= 0.6 is 0 Å². The van der Waals surface area contributed by atoms with Gasteiger partial charge in [0.2, 0.25) is 0 Å². The molecule has 1 heterocycles. The summed E-state index contributed by atoms with van der Waals surface area (Å²) in [4.78, 5) is 18.8. The molecule has 5 nitrogen and oxygen atoms in total. The highest BCUT2D eigenvalue weighted by Crippen LogP contribution is 2.04. The van der Waals surface area contributed by atoms with Crippen LogP contribution in [0.3, 0.4) is 0 Å². The molecule has 1 saturated heterocycles. The average Bonchev–Trinajstić information content (AvgIpc) is 2.69. The van der Waals surface area contributed by atoms with Crippen LogP contribution in [0.5, 0.6) is 0 Å². The third-order valence-electron chi connectivity index (χ3n) is 0.855. The van der Waals surface area contributed by atoms with Crippen LogP contribution in [0.15, 0.2) is 12.2 Å². The number of carbonyl (C=O) groups is 2. The number of hydrogen-bond donors (Lipinski definition) is 0. The lowest BCUT2D eigenvalue weighted by atomic mass is 10.5. The minimum Gasteiger partial charge on any atom is -0.545 e. The fourth-order valence-electron chi connectivity index (χ4n) is 0.232. The minimum atomic E-state index is -1.55. The van der Waals surface area contributed by atoms with Crippen LogP contribution < -0.4 is 10.2 Å². The standard InChI is InChI=1S/C4H4O4.C3H6O/c5-3(6)1-2-4(7)8;1-3-2-4-3/h1-2H,(H,5,6)(H,7,8);3H,2H2,1H3/p-2/b2-1+;. The van der Waals surface area contributed by atoms with E-state index in [0.717, 1.165) is 6.61 Å². The van der Waals surface area contributed by atoms with Crippen molar-refractivity contribution in [3.63, 3.8) is 0 Å². The molecule has 1 aliphatic rings. The normalized spacial score (nSPS) is 19.6. The van der Waals surface area contributed by atoms with E-state index < -0.39 is 11.9 Å². The van der Waals surface area contributed by atoms with Gasteiger partial charge in [-0.15, -0.1) is 0 Å². The van der Waals surface area contributed by atoms with E-state index in [1.165, 1.54) is 0 Å². The molecular formula is C7H8O5-2. The predicted molar refractivity (Wildman–Crippen MR) is 34.6 cm³/mol. The number of carboxylic acids is 2. The molecule has 1 aliphatic heterocycles. The molecule has 0 spiro atoms. The van der Waals surface area contributed by atoms with Crippen molar-refractivity contribution in [2.75, 3.05) is 6.61 Å². The summed E-state index contributed by atoms with van der Waals surface area (Å²) in [5.41, 5.74) is 0. The first-order chi connectivity index (χ1) is 5.52. The Morgan fingerprint density at radius 3 is 1.67 bits per heavy atom. The van der Waals surface area contributed by atoms with E-state index in [9.17, 15) is 19.8 Å². The SMILES string of the molecule is CC1CO1.O=C([O-])/C=C/C(=O)[O-]. The highest BCUT2D eigenvalue weighted by molar-refractivity contribution is 5.87. The molecule has 1 fully saturated rings. The van der Waals surface area contributed by atoms with Crippen molar-refractivity contribution in [1.29, 1.82) is 0 Å². The van der Waals surface area contributed by atoms with E-state index >= 15 is 0 Å². The van der Waals surface area contributed by atoms with Gasteiger partial charge in [-0.3, -0.25) is 0 Å². The van der Waals surface area contributed by atoms with Crippen LogP contribution in [-0.2, 0) is 14.3 Å². The van der Waals surface area contributed by atoms with Gasteiger partial charge in [0.25, 0.3) is 0 Å². The first-order valence-corrected chi connectivity index (χ1v) is 3.24. The van der Waals surface area contributed by atoms with Gasteiger partial charge in [0.05, 0.1) is 24.6 Å². The summed E-state index contributed by atoms with van der Waals surface area (Å²) in [5.74, 6) is -3.09. The van der Waals surface area contributed by atoms with Gasteiger partial charge < -0.3 is 24.5 Å². The zero-order valence-electron chi connectivity index (χ0n) is 6.48. The van der Waals surface area contributed by atoms with Crippen molar-refractivity contribution in [3.8, 4) is 0 Å². The molecule has 0 radical (unpaired) electrons. The molecule has 0 amide bonds. The van der Waals surface area contributed by atoms with Gasteiger partial charge in [-0.05, 0) is 19.1 Å². The summed E-state index contributed by atoms with van der Waals surface area (Å²) in [6.45, 7) is 3.04. The third kappa shape index (κ3) is 11.4. The third-order valence-corrected chi connectivity index (χ3v) is 0.855. The van der Waals surface area contributed by atoms with E-state index in [2.05, 4.69) is 6.92 Å². The van der Waals surface area contributed by atoms with Crippen molar-refractivity contribution < 1.29 is 24.5 Å². The topological polar surface area (TPSA) is 92.8 Å². The molecule has 0 bridgehead atoms. The van der Waals surface area contributed by atoms with Gasteiger partial charge in [0.15, 0.2) is 0 Å². The van der Waals surface area contributed by atoms with Crippen molar-refractivity contribution in [1.82, 2.24) is 0 Å². The Kier molecular flexibility index (Phi) is 4.71. The first kappa shape index (κ1) is 10.6. The second kappa shape index (κ2) is 5.31. The van der Waals surface area contributed by atoms with E-state index in [4.69, 9.17) is 4.74 Å². The van der Waals surface area contributed by atoms with Crippen LogP contribution in [0.1, 0.15) is 6.92 Å². The fraction of sp³-hybridized carbons (Fsp3) is 0.429. The summed E-state index contributed by atoms with van der Waals surface area (Å²) in [6, 6.07) is 0. The van der Waals surface area contributed by atoms with Gasteiger partial charge in [-0.25, -0.2) is 0 Å². The highest BCUT2D eigenvalue weighted by Gasteiger charge is 2.13. The van der Waals surface area contributed by atoms with Crippen molar-refractivity contribution in [2.24, 2.45) is 0 Å². The zero-order valence-corrected chi connectivity index (χ0v) is 6.48. The molecule has 0 aromatic heterocycles. The zero-order chi connectivity index (χ0) is 9.56. The Morgan fingerprint density at radius 1 is 1.33 bits per heavy atom. The Bertz CT molecular complexity index is 176. The molecule has 1 atom stereocenters. The Hall–Kier alpha value is -1.36. The predicted octanol–water partition coefficient (Wildman–Crippen LogP) is -2.55. The number of epoxide rings is 1. The summed E-state index contributed by atoms with van der Waals surface area (Å²) in [5, 5.41) is 18.8. The molecule has 0 saturated carbocycles. The molecular weight excluding hydrogens is 164 g/mol. The Morgan fingerprint density at radius 2 is 1.58 bits per heavy atom. The van der Waals surface area contributed by atoms with Gasteiger partial charge in [0, 0.05) is 0 Å². The quantitative estimate of drug-likeness (QED) is 0.337. The number of ether oxygens (including phenoxy) is 1. The second-order valence-corrected chi connectivity index (χ2v) is 2.12. The molecule has 1 unspecified atom stereocenters. The molecule has 0 aromatic rings. The summed E-state index contributed by atoms with van der Waals surface area (Å²) in [6.07, 6.45) is 1.35. The lowest BCUT2D eigenvalue weighted by Gasteiger charge is -1.90. The van der Waals surface area contributed by atoms with Crippen molar-refractivity contribution >= 4 is 11.9 Å². The summed E-state index contributed by atoms with van der Waals surface area (Å²) in [7, 11) is 0. The molecule has 68 valence electrons. The molecule has 0 aromatic carbocycles. The molecule has 12 heavy (non-hydrogen) atoms. The maximum Gasteiger partial charge on any atom is 0.0781 e. The van der Waals surface area contributed by atoms with Crippen molar-refractivity contribution in [2.45, 2.75) is 13.0 Å². The first-order valence-electron chi connectivity index (χ1n) is 3.24. The van der Waals surface area contributed by atoms with Gasteiger partial charge in [0.1, 0.15) is 0 Å². The minimum absolute atomic E-state index is 0.384. The maximum absolute atomic E-state index is 9.41. The molecule has 0 N–H and O–H groups in total. The molecule has 5 heteroatoms. The van der Waals surface area contributed by atoms with E-state index in [1.807, 2.05) is 0 Å². The number of aliphatic carboxylic acids is 2. The monoisotopic (exact) mass is 172 g/mol. The van der Waals surface area contributed by atoms with E-state index in [1.54, 1.807) is 0 Å². The highest BCUT2D eigenvalue weighted by atomic mass is 16.6. The van der Waals surface area contributed by atoms with Crippen LogP contribution in [-0.4, -0.2) is 24.6 Å². The van der Waals surface area contributed by atoms with Crippen molar-refractivity contribution in [3.05, 3.63) is 12.2 Å². The number of carbonyl (C=O) groups excluding carboxylic acids is 2.